The van der Waals surface area contributed by atoms with Crippen molar-refractivity contribution in [2.24, 2.45) is 0 Å². The quantitative estimate of drug-likeness (QED) is 0.530. The van der Waals surface area contributed by atoms with E-state index >= 15 is 0 Å². The largest absolute Gasteiger partial charge is 0.347 e. The maximum Gasteiger partial charge on any atom is 0.175 e. The lowest BCUT2D eigenvalue weighted by molar-refractivity contribution is 0.102. The molecule has 0 amide bonds. The number of aromatic nitrogens is 3. The van der Waals surface area contributed by atoms with E-state index in [2.05, 4.69) is 27.8 Å². The molecule has 0 N–H and O–H groups in total. The van der Waals surface area contributed by atoms with E-state index in [0.29, 0.717) is 5.75 Å². The zero-order valence-electron chi connectivity index (χ0n) is 11.9. The molecule has 0 fully saturated rings. The van der Waals surface area contributed by atoms with Crippen molar-refractivity contribution in [1.29, 1.82) is 0 Å². The first kappa shape index (κ1) is 14.3. The predicted molar refractivity (Wildman–Crippen MR) is 87.3 cm³/mol. The van der Waals surface area contributed by atoms with Gasteiger partial charge in [-0.1, -0.05) is 41.3 Å². The van der Waals surface area contributed by atoms with E-state index in [1.165, 1.54) is 23.1 Å². The highest BCUT2D eigenvalue weighted by molar-refractivity contribution is 8.01. The van der Waals surface area contributed by atoms with Crippen LogP contribution in [0.15, 0.2) is 34.8 Å². The Morgan fingerprint density at radius 3 is 2.86 bits per heavy atom. The number of hydrogen-bond donors (Lipinski definition) is 0. The fourth-order valence-corrected chi connectivity index (χ4v) is 3.97. The van der Waals surface area contributed by atoms with Crippen molar-refractivity contribution in [2.75, 3.05) is 5.75 Å². The molecule has 0 atom stereocenters. The van der Waals surface area contributed by atoms with Gasteiger partial charge in [0.15, 0.2) is 10.1 Å². The molecule has 0 radical (unpaired) electrons. The van der Waals surface area contributed by atoms with Gasteiger partial charge in [0.05, 0.1) is 5.75 Å². The van der Waals surface area contributed by atoms with Crippen LogP contribution in [0.3, 0.4) is 0 Å². The van der Waals surface area contributed by atoms with Crippen molar-refractivity contribution in [1.82, 2.24) is 14.8 Å². The number of ketones is 1. The molecule has 3 aromatic rings. The van der Waals surface area contributed by atoms with Crippen molar-refractivity contribution >= 4 is 39.8 Å². The predicted octanol–water partition coefficient (Wildman–Crippen LogP) is 3.80. The van der Waals surface area contributed by atoms with Gasteiger partial charge in [0.1, 0.15) is 5.01 Å². The standard InChI is InChI=1S/C15H15N3OS2/c1-3-18-8-12(11-6-4-5-7-13(11)18)14(19)9-20-15-17-16-10(2)21-15/h4-8H,3,9H2,1-2H3. The molecule has 2 aromatic heterocycles. The van der Waals surface area contributed by atoms with Crippen molar-refractivity contribution in [3.63, 3.8) is 0 Å². The molecule has 1 aromatic carbocycles. The third-order valence-electron chi connectivity index (χ3n) is 3.26. The van der Waals surface area contributed by atoms with Gasteiger partial charge in [-0.2, -0.15) is 0 Å². The summed E-state index contributed by atoms with van der Waals surface area (Å²) in [5.74, 6) is 0.531. The van der Waals surface area contributed by atoms with Gasteiger partial charge in [-0.3, -0.25) is 4.79 Å². The number of para-hydroxylation sites is 1. The molecule has 0 unspecified atom stereocenters. The van der Waals surface area contributed by atoms with Gasteiger partial charge >= 0.3 is 0 Å². The smallest absolute Gasteiger partial charge is 0.175 e. The summed E-state index contributed by atoms with van der Waals surface area (Å²) in [7, 11) is 0. The summed E-state index contributed by atoms with van der Waals surface area (Å²) in [4.78, 5) is 12.5. The van der Waals surface area contributed by atoms with Crippen LogP contribution >= 0.6 is 23.1 Å². The average Bonchev–Trinajstić information content (AvgIpc) is 3.08. The highest BCUT2D eigenvalue weighted by atomic mass is 32.2. The number of hydrogen-bond acceptors (Lipinski definition) is 5. The Kier molecular flexibility index (Phi) is 4.07. The van der Waals surface area contributed by atoms with Crippen LogP contribution in [0.4, 0.5) is 0 Å². The zero-order chi connectivity index (χ0) is 14.8. The lowest BCUT2D eigenvalue weighted by Gasteiger charge is -1.98. The number of benzene rings is 1. The van der Waals surface area contributed by atoms with Crippen LogP contribution in [0.5, 0.6) is 0 Å². The molecule has 3 rings (SSSR count). The Morgan fingerprint density at radius 1 is 1.33 bits per heavy atom. The number of fused-ring (bicyclic) bond motifs is 1. The van der Waals surface area contributed by atoms with Gasteiger partial charge in [-0.15, -0.1) is 10.2 Å². The molecule has 0 aliphatic carbocycles. The van der Waals surface area contributed by atoms with Gasteiger partial charge in [-0.25, -0.2) is 0 Å². The highest BCUT2D eigenvalue weighted by Gasteiger charge is 2.15. The molecule has 4 nitrogen and oxygen atoms in total. The number of Topliss-reactive ketones (excluding diaryl/α,β-unsaturated/α-hetero) is 1. The van der Waals surface area contributed by atoms with Crippen molar-refractivity contribution in [3.8, 4) is 0 Å². The molecular weight excluding hydrogens is 302 g/mol. The van der Waals surface area contributed by atoms with E-state index in [4.69, 9.17) is 0 Å². The van der Waals surface area contributed by atoms with Crippen LogP contribution in [-0.4, -0.2) is 26.3 Å². The minimum absolute atomic E-state index is 0.135. The molecule has 21 heavy (non-hydrogen) atoms. The molecule has 0 bridgehead atoms. The molecule has 0 saturated heterocycles. The van der Waals surface area contributed by atoms with E-state index in [-0.39, 0.29) is 5.78 Å². The van der Waals surface area contributed by atoms with E-state index < -0.39 is 0 Å². The number of carbonyl (C=O) groups excluding carboxylic acids is 1. The normalized spacial score (nSPS) is 11.1. The molecule has 0 saturated carbocycles. The molecule has 0 aliphatic rings. The maximum absolute atomic E-state index is 12.5. The Labute approximate surface area is 131 Å². The average molecular weight is 317 g/mol. The first-order chi connectivity index (χ1) is 10.2. The Bertz CT molecular complexity index is 791. The fourth-order valence-electron chi connectivity index (χ4n) is 2.27. The summed E-state index contributed by atoms with van der Waals surface area (Å²) in [5.41, 5.74) is 1.90. The van der Waals surface area contributed by atoms with E-state index in [1.807, 2.05) is 31.3 Å². The Balaban J connectivity index is 1.84. The summed E-state index contributed by atoms with van der Waals surface area (Å²) in [6.45, 7) is 4.86. The highest BCUT2D eigenvalue weighted by Crippen LogP contribution is 2.26. The topological polar surface area (TPSA) is 47.8 Å². The number of rotatable bonds is 5. The number of thioether (sulfide) groups is 1. The van der Waals surface area contributed by atoms with Crippen LogP contribution in [0, 0.1) is 6.92 Å². The molecule has 108 valence electrons. The summed E-state index contributed by atoms with van der Waals surface area (Å²) in [6, 6.07) is 8.03. The van der Waals surface area contributed by atoms with Gasteiger partial charge in [0.2, 0.25) is 0 Å². The Morgan fingerprint density at radius 2 is 2.14 bits per heavy atom. The second-order valence-corrected chi connectivity index (χ2v) is 7.05. The molecule has 0 spiro atoms. The van der Waals surface area contributed by atoms with Gasteiger partial charge in [0.25, 0.3) is 0 Å². The van der Waals surface area contributed by atoms with Crippen molar-refractivity contribution < 1.29 is 4.79 Å². The van der Waals surface area contributed by atoms with E-state index in [0.717, 1.165) is 32.4 Å². The van der Waals surface area contributed by atoms with Crippen molar-refractivity contribution in [3.05, 3.63) is 41.0 Å². The second-order valence-electron chi connectivity index (χ2n) is 4.64. The first-order valence-electron chi connectivity index (χ1n) is 6.73. The number of carbonyl (C=O) groups is 1. The van der Waals surface area contributed by atoms with Crippen molar-refractivity contribution in [2.45, 2.75) is 24.7 Å². The minimum atomic E-state index is 0.135. The fraction of sp³-hybridized carbons (Fsp3) is 0.267. The third-order valence-corrected chi connectivity index (χ3v) is 5.24. The zero-order valence-corrected chi connectivity index (χ0v) is 13.5. The summed E-state index contributed by atoms with van der Waals surface area (Å²) < 4.78 is 2.96. The van der Waals surface area contributed by atoms with Gasteiger partial charge in [0, 0.05) is 29.2 Å². The monoisotopic (exact) mass is 317 g/mol. The summed E-state index contributed by atoms with van der Waals surface area (Å²) in [6.07, 6.45) is 1.96. The SMILES string of the molecule is CCn1cc(C(=O)CSc2nnc(C)s2)c2ccccc21. The molecule has 2 heterocycles. The molecular formula is C15H15N3OS2. The summed E-state index contributed by atoms with van der Waals surface area (Å²) in [5, 5.41) is 9.96. The van der Waals surface area contributed by atoms with Gasteiger partial charge in [-0.05, 0) is 19.9 Å². The number of nitrogens with zero attached hydrogens (tertiary/aromatic N) is 3. The van der Waals surface area contributed by atoms with E-state index in [9.17, 15) is 4.79 Å². The minimum Gasteiger partial charge on any atom is -0.347 e. The second kappa shape index (κ2) is 5.99. The number of aryl methyl sites for hydroxylation is 2. The van der Waals surface area contributed by atoms with Crippen LogP contribution in [0.2, 0.25) is 0 Å². The van der Waals surface area contributed by atoms with Crippen LogP contribution < -0.4 is 0 Å². The third kappa shape index (κ3) is 2.87. The van der Waals surface area contributed by atoms with E-state index in [1.54, 1.807) is 0 Å². The molecule has 0 aliphatic heterocycles. The lowest BCUT2D eigenvalue weighted by atomic mass is 10.1. The lowest BCUT2D eigenvalue weighted by Crippen LogP contribution is -2.01. The first-order valence-corrected chi connectivity index (χ1v) is 8.53. The Hall–Kier alpha value is -1.66. The van der Waals surface area contributed by atoms with Gasteiger partial charge < -0.3 is 4.57 Å². The summed E-state index contributed by atoms with van der Waals surface area (Å²) >= 11 is 2.98. The maximum atomic E-state index is 12.5. The van der Waals surface area contributed by atoms with Crippen LogP contribution in [0.1, 0.15) is 22.3 Å². The molecule has 6 heteroatoms. The van der Waals surface area contributed by atoms with Crippen LogP contribution in [-0.2, 0) is 6.54 Å². The van der Waals surface area contributed by atoms with Crippen LogP contribution in [0.25, 0.3) is 10.9 Å².